The van der Waals surface area contributed by atoms with E-state index in [1.54, 1.807) is 6.92 Å². The maximum atomic E-state index is 13.4. The van der Waals surface area contributed by atoms with E-state index in [9.17, 15) is 18.0 Å². The maximum absolute atomic E-state index is 13.4. The van der Waals surface area contributed by atoms with Crippen molar-refractivity contribution in [3.8, 4) is 0 Å². The Labute approximate surface area is 140 Å². The van der Waals surface area contributed by atoms with Gasteiger partial charge in [0.05, 0.1) is 11.6 Å². The van der Waals surface area contributed by atoms with Gasteiger partial charge in [0.1, 0.15) is 0 Å². The summed E-state index contributed by atoms with van der Waals surface area (Å²) < 4.78 is 41.6. The number of alkyl halides is 3. The van der Waals surface area contributed by atoms with Crippen molar-refractivity contribution in [1.82, 2.24) is 19.6 Å². The SMILES string of the molecule is Cc1c(C(=O)N(C)C)c(C(F)(F)F)nn1C1CCCN(C(C)C)C1. The fraction of sp³-hybridized carbons (Fsp3) is 0.750. The highest BCUT2D eigenvalue weighted by atomic mass is 19.4. The summed E-state index contributed by atoms with van der Waals surface area (Å²) in [6.45, 7) is 7.27. The molecule has 24 heavy (non-hydrogen) atoms. The molecule has 0 radical (unpaired) electrons. The van der Waals surface area contributed by atoms with Crippen LogP contribution in [0.25, 0.3) is 0 Å². The Balaban J connectivity index is 2.46. The molecule has 1 atom stereocenters. The molecular formula is C16H25F3N4O. The lowest BCUT2D eigenvalue weighted by Gasteiger charge is -2.35. The lowest BCUT2D eigenvalue weighted by Crippen LogP contribution is -2.41. The van der Waals surface area contributed by atoms with Crippen molar-refractivity contribution < 1.29 is 18.0 Å². The number of halogens is 3. The number of rotatable bonds is 3. The summed E-state index contributed by atoms with van der Waals surface area (Å²) in [4.78, 5) is 15.7. The van der Waals surface area contributed by atoms with Crippen LogP contribution in [-0.4, -0.2) is 58.7 Å². The van der Waals surface area contributed by atoms with E-state index >= 15 is 0 Å². The van der Waals surface area contributed by atoms with Gasteiger partial charge in [-0.2, -0.15) is 18.3 Å². The fourth-order valence-corrected chi connectivity index (χ4v) is 3.20. The Morgan fingerprint density at radius 1 is 1.33 bits per heavy atom. The first kappa shape index (κ1) is 18.8. The Morgan fingerprint density at radius 2 is 1.96 bits per heavy atom. The predicted octanol–water partition coefficient (Wildman–Crippen LogP) is 2.96. The van der Waals surface area contributed by atoms with E-state index < -0.39 is 17.8 Å². The number of likely N-dealkylation sites (tertiary alicyclic amines) is 1. The molecule has 1 unspecified atom stereocenters. The van der Waals surface area contributed by atoms with Gasteiger partial charge < -0.3 is 4.90 Å². The first-order valence-corrected chi connectivity index (χ1v) is 8.16. The number of hydrogen-bond donors (Lipinski definition) is 0. The summed E-state index contributed by atoms with van der Waals surface area (Å²) in [5, 5.41) is 3.82. The van der Waals surface area contributed by atoms with Crippen molar-refractivity contribution in [1.29, 1.82) is 0 Å². The molecule has 8 heteroatoms. The van der Waals surface area contributed by atoms with Crippen molar-refractivity contribution in [2.75, 3.05) is 27.2 Å². The molecule has 0 saturated carbocycles. The molecule has 2 heterocycles. The van der Waals surface area contributed by atoms with E-state index in [-0.39, 0.29) is 17.3 Å². The number of hydrogen-bond acceptors (Lipinski definition) is 3. The minimum Gasteiger partial charge on any atom is -0.345 e. The normalized spacial score (nSPS) is 19.8. The Bertz CT molecular complexity index is 607. The molecule has 1 aromatic heterocycles. The van der Waals surface area contributed by atoms with Crippen LogP contribution in [0.2, 0.25) is 0 Å². The second-order valence-electron chi connectivity index (χ2n) is 6.84. The number of amides is 1. The molecule has 0 spiro atoms. The van der Waals surface area contributed by atoms with E-state index in [0.717, 1.165) is 24.3 Å². The molecule has 1 fully saturated rings. The monoisotopic (exact) mass is 346 g/mol. The molecule has 5 nitrogen and oxygen atoms in total. The van der Waals surface area contributed by atoms with Crippen LogP contribution in [0.1, 0.15) is 54.5 Å². The van der Waals surface area contributed by atoms with Crippen molar-refractivity contribution in [2.24, 2.45) is 0 Å². The maximum Gasteiger partial charge on any atom is 0.435 e. The second kappa shape index (κ2) is 6.74. The zero-order chi connectivity index (χ0) is 18.2. The molecular weight excluding hydrogens is 321 g/mol. The zero-order valence-electron chi connectivity index (χ0n) is 14.8. The Morgan fingerprint density at radius 3 is 2.46 bits per heavy atom. The van der Waals surface area contributed by atoms with Crippen LogP contribution in [0.15, 0.2) is 0 Å². The van der Waals surface area contributed by atoms with Crippen LogP contribution >= 0.6 is 0 Å². The lowest BCUT2D eigenvalue weighted by molar-refractivity contribution is -0.142. The highest BCUT2D eigenvalue weighted by Crippen LogP contribution is 2.35. The summed E-state index contributed by atoms with van der Waals surface area (Å²) in [5.41, 5.74) is -1.13. The second-order valence-corrected chi connectivity index (χ2v) is 6.84. The summed E-state index contributed by atoms with van der Waals surface area (Å²) in [7, 11) is 2.89. The minimum absolute atomic E-state index is 0.147. The van der Waals surface area contributed by atoms with Crippen molar-refractivity contribution in [2.45, 2.75) is 51.9 Å². The largest absolute Gasteiger partial charge is 0.435 e. The van der Waals surface area contributed by atoms with Gasteiger partial charge in [-0.05, 0) is 40.2 Å². The number of carbonyl (C=O) groups is 1. The minimum atomic E-state index is -4.65. The van der Waals surface area contributed by atoms with E-state index in [4.69, 9.17) is 0 Å². The number of carbonyl (C=O) groups excluding carboxylic acids is 1. The van der Waals surface area contributed by atoms with E-state index in [2.05, 4.69) is 23.8 Å². The fourth-order valence-electron chi connectivity index (χ4n) is 3.20. The van der Waals surface area contributed by atoms with Gasteiger partial charge in [-0.15, -0.1) is 0 Å². The van der Waals surface area contributed by atoms with Gasteiger partial charge in [0, 0.05) is 32.4 Å². The van der Waals surface area contributed by atoms with Crippen molar-refractivity contribution >= 4 is 5.91 Å². The molecule has 0 bridgehead atoms. The molecule has 0 aromatic carbocycles. The molecule has 1 aliphatic heterocycles. The van der Waals surface area contributed by atoms with Crippen molar-refractivity contribution in [3.05, 3.63) is 17.0 Å². The summed E-state index contributed by atoms with van der Waals surface area (Å²) in [5.74, 6) is -0.664. The van der Waals surface area contributed by atoms with Crippen LogP contribution < -0.4 is 0 Å². The van der Waals surface area contributed by atoms with E-state index in [0.29, 0.717) is 12.6 Å². The third-order valence-corrected chi connectivity index (χ3v) is 4.54. The van der Waals surface area contributed by atoms with Crippen LogP contribution in [0.5, 0.6) is 0 Å². The van der Waals surface area contributed by atoms with Gasteiger partial charge in [-0.3, -0.25) is 14.4 Å². The lowest BCUT2D eigenvalue weighted by atomic mass is 10.0. The highest BCUT2D eigenvalue weighted by molar-refractivity contribution is 5.96. The van der Waals surface area contributed by atoms with Crippen LogP contribution in [0, 0.1) is 6.92 Å². The molecule has 1 saturated heterocycles. The molecule has 0 N–H and O–H groups in total. The quantitative estimate of drug-likeness (QED) is 0.845. The first-order chi connectivity index (χ1) is 11.0. The van der Waals surface area contributed by atoms with Crippen molar-refractivity contribution in [3.63, 3.8) is 0 Å². The Hall–Kier alpha value is -1.57. The predicted molar refractivity (Wildman–Crippen MR) is 85.0 cm³/mol. The standard InChI is InChI=1S/C16H25F3N4O/c1-10(2)22-8-6-7-12(9-22)23-11(3)13(15(24)21(4)5)14(20-23)16(17,18)19/h10,12H,6-9H2,1-5H3. The number of aromatic nitrogens is 2. The zero-order valence-corrected chi connectivity index (χ0v) is 14.8. The first-order valence-electron chi connectivity index (χ1n) is 8.16. The highest BCUT2D eigenvalue weighted by Gasteiger charge is 2.42. The molecule has 1 aromatic rings. The van der Waals surface area contributed by atoms with Crippen LogP contribution in [-0.2, 0) is 6.18 Å². The van der Waals surface area contributed by atoms with Gasteiger partial charge in [-0.25, -0.2) is 0 Å². The number of piperidine rings is 1. The average Bonchev–Trinajstić information content (AvgIpc) is 2.84. The average molecular weight is 346 g/mol. The molecule has 2 rings (SSSR count). The summed E-state index contributed by atoms with van der Waals surface area (Å²) in [6, 6.07) is 0.180. The van der Waals surface area contributed by atoms with Gasteiger partial charge in [0.2, 0.25) is 0 Å². The topological polar surface area (TPSA) is 41.4 Å². The third-order valence-electron chi connectivity index (χ3n) is 4.54. The number of nitrogens with zero attached hydrogens (tertiary/aromatic N) is 4. The van der Waals surface area contributed by atoms with Gasteiger partial charge in [-0.1, -0.05) is 0 Å². The molecule has 1 aliphatic rings. The van der Waals surface area contributed by atoms with Gasteiger partial charge in [0.15, 0.2) is 5.69 Å². The summed E-state index contributed by atoms with van der Waals surface area (Å²) in [6.07, 6.45) is -2.98. The molecule has 1 amide bonds. The van der Waals surface area contributed by atoms with Gasteiger partial charge in [0.25, 0.3) is 5.91 Å². The summed E-state index contributed by atoms with van der Waals surface area (Å²) >= 11 is 0. The van der Waals surface area contributed by atoms with E-state index in [1.807, 2.05) is 0 Å². The van der Waals surface area contributed by atoms with Crippen LogP contribution in [0.3, 0.4) is 0 Å². The Kier molecular flexibility index (Phi) is 5.27. The third kappa shape index (κ3) is 3.58. The molecule has 0 aliphatic carbocycles. The van der Waals surface area contributed by atoms with Crippen LogP contribution in [0.4, 0.5) is 13.2 Å². The molecule has 136 valence electrons. The van der Waals surface area contributed by atoms with E-state index in [1.165, 1.54) is 18.8 Å². The van der Waals surface area contributed by atoms with Gasteiger partial charge >= 0.3 is 6.18 Å². The smallest absolute Gasteiger partial charge is 0.345 e.